The molecular weight excluding hydrogens is 218 g/mol. The highest BCUT2D eigenvalue weighted by atomic mass is 35.5. The third-order valence-corrected chi connectivity index (χ3v) is 2.84. The van der Waals surface area contributed by atoms with Gasteiger partial charge in [-0.2, -0.15) is 0 Å². The maximum atomic E-state index is 11.2. The van der Waals surface area contributed by atoms with Crippen LogP contribution in [-0.4, -0.2) is 16.5 Å². The van der Waals surface area contributed by atoms with Gasteiger partial charge in [0.1, 0.15) is 5.78 Å². The Kier molecular flexibility index (Phi) is 4.98. The van der Waals surface area contributed by atoms with E-state index >= 15 is 0 Å². The maximum absolute atomic E-state index is 11.2. The molecule has 1 rings (SSSR count). The number of carbonyl (C=O) groups is 1. The van der Waals surface area contributed by atoms with Gasteiger partial charge in [-0.1, -0.05) is 30.3 Å². The van der Waals surface area contributed by atoms with Crippen LogP contribution in [0.5, 0.6) is 0 Å². The summed E-state index contributed by atoms with van der Waals surface area (Å²) in [5.74, 6) is 0.775. The molecule has 0 aromatic carbocycles. The molecule has 1 aromatic heterocycles. The summed E-state index contributed by atoms with van der Waals surface area (Å²) in [5.41, 5.74) is 0. The summed E-state index contributed by atoms with van der Waals surface area (Å²) in [5, 5.41) is 1.47. The number of rotatable bonds is 5. The van der Waals surface area contributed by atoms with Gasteiger partial charge in [0.25, 0.3) is 0 Å². The van der Waals surface area contributed by atoms with Gasteiger partial charge in [0.2, 0.25) is 0 Å². The van der Waals surface area contributed by atoms with Crippen LogP contribution in [-0.2, 0) is 4.79 Å². The number of halogens is 1. The van der Waals surface area contributed by atoms with Gasteiger partial charge in [0.15, 0.2) is 0 Å². The van der Waals surface area contributed by atoms with Gasteiger partial charge in [-0.25, -0.2) is 4.98 Å². The van der Waals surface area contributed by atoms with E-state index in [2.05, 4.69) is 4.98 Å². The van der Waals surface area contributed by atoms with Gasteiger partial charge >= 0.3 is 0 Å². The van der Waals surface area contributed by atoms with Gasteiger partial charge in [0, 0.05) is 12.6 Å². The molecule has 2 nitrogen and oxygen atoms in total. The summed E-state index contributed by atoms with van der Waals surface area (Å²) >= 11 is 7.14. The molecule has 0 bridgehead atoms. The molecule has 14 heavy (non-hydrogen) atoms. The number of hydrogen-bond acceptors (Lipinski definition) is 3. The summed E-state index contributed by atoms with van der Waals surface area (Å²) in [6.07, 6.45) is 3.15. The molecule has 0 saturated heterocycles. The Labute approximate surface area is 93.1 Å². The van der Waals surface area contributed by atoms with Crippen LogP contribution in [0.1, 0.15) is 19.8 Å². The molecule has 1 heterocycles. The molecule has 0 N–H and O–H groups in total. The zero-order valence-electron chi connectivity index (χ0n) is 8.00. The van der Waals surface area contributed by atoms with Crippen molar-refractivity contribution in [1.82, 2.24) is 4.98 Å². The van der Waals surface area contributed by atoms with Gasteiger partial charge in [-0.3, -0.25) is 4.79 Å². The zero-order valence-corrected chi connectivity index (χ0v) is 9.57. The summed E-state index contributed by atoms with van der Waals surface area (Å²) in [4.78, 5) is 15.3. The summed E-state index contributed by atoms with van der Waals surface area (Å²) in [6, 6.07) is 3.60. The van der Waals surface area contributed by atoms with Crippen molar-refractivity contribution in [2.45, 2.75) is 24.8 Å². The van der Waals surface area contributed by atoms with E-state index < -0.39 is 0 Å². The minimum absolute atomic E-state index is 0.272. The number of Topliss-reactive ketones (excluding diaryl/α,β-unsaturated/α-hetero) is 1. The molecule has 0 saturated carbocycles. The third-order valence-electron chi connectivity index (χ3n) is 1.61. The van der Waals surface area contributed by atoms with Crippen molar-refractivity contribution in [3.63, 3.8) is 0 Å². The number of hydrogen-bond donors (Lipinski definition) is 0. The second kappa shape index (κ2) is 6.04. The van der Waals surface area contributed by atoms with Gasteiger partial charge in [0.05, 0.1) is 15.8 Å². The van der Waals surface area contributed by atoms with E-state index in [1.807, 2.05) is 13.0 Å². The number of thioether (sulfide) groups is 1. The Morgan fingerprint density at radius 1 is 1.57 bits per heavy atom. The molecule has 76 valence electrons. The second-order valence-electron chi connectivity index (χ2n) is 2.89. The van der Waals surface area contributed by atoms with E-state index in [9.17, 15) is 4.79 Å². The highest BCUT2D eigenvalue weighted by Gasteiger charge is 2.02. The van der Waals surface area contributed by atoms with Gasteiger partial charge in [-0.05, 0) is 18.6 Å². The lowest BCUT2D eigenvalue weighted by atomic mass is 10.3. The van der Waals surface area contributed by atoms with Crippen molar-refractivity contribution >= 4 is 29.1 Å². The molecule has 0 aliphatic heterocycles. The van der Waals surface area contributed by atoms with E-state index in [0.717, 1.165) is 11.4 Å². The first-order valence-corrected chi connectivity index (χ1v) is 5.84. The van der Waals surface area contributed by atoms with E-state index in [1.54, 1.807) is 12.3 Å². The van der Waals surface area contributed by atoms with Gasteiger partial charge < -0.3 is 0 Å². The summed E-state index contributed by atoms with van der Waals surface area (Å²) in [7, 11) is 0. The minimum Gasteiger partial charge on any atom is -0.299 e. The van der Waals surface area contributed by atoms with Crippen LogP contribution < -0.4 is 0 Å². The highest BCUT2D eigenvalue weighted by Crippen LogP contribution is 2.17. The lowest BCUT2D eigenvalue weighted by Gasteiger charge is -1.99. The number of ketones is 1. The first-order chi connectivity index (χ1) is 6.72. The fourth-order valence-electron chi connectivity index (χ4n) is 0.953. The predicted molar refractivity (Wildman–Crippen MR) is 59.9 cm³/mol. The van der Waals surface area contributed by atoms with Crippen LogP contribution in [0.3, 0.4) is 0 Å². The summed E-state index contributed by atoms with van der Waals surface area (Å²) in [6.45, 7) is 2.00. The van der Waals surface area contributed by atoms with Crippen molar-refractivity contribution in [3.8, 4) is 0 Å². The second-order valence-corrected chi connectivity index (χ2v) is 4.32. The van der Waals surface area contributed by atoms with Crippen LogP contribution in [0.4, 0.5) is 0 Å². The van der Waals surface area contributed by atoms with Crippen molar-refractivity contribution < 1.29 is 4.79 Å². The van der Waals surface area contributed by atoms with Crippen LogP contribution in [0, 0.1) is 0 Å². The number of aromatic nitrogens is 1. The molecule has 1 aromatic rings. The topological polar surface area (TPSA) is 30.0 Å². The Bertz CT molecular complexity index is 299. The number of pyridine rings is 1. The Morgan fingerprint density at radius 3 is 2.93 bits per heavy atom. The van der Waals surface area contributed by atoms with E-state index in [1.165, 1.54) is 11.8 Å². The van der Waals surface area contributed by atoms with Crippen LogP contribution >= 0.6 is 23.4 Å². The van der Waals surface area contributed by atoms with Crippen molar-refractivity contribution in [2.24, 2.45) is 0 Å². The lowest BCUT2D eigenvalue weighted by Crippen LogP contribution is -2.00. The Balaban J connectivity index is 2.38. The first-order valence-electron chi connectivity index (χ1n) is 4.48. The molecule has 0 amide bonds. The van der Waals surface area contributed by atoms with Gasteiger partial charge in [-0.15, -0.1) is 0 Å². The van der Waals surface area contributed by atoms with E-state index in [4.69, 9.17) is 11.6 Å². The lowest BCUT2D eigenvalue weighted by molar-refractivity contribution is -0.116. The van der Waals surface area contributed by atoms with E-state index in [0.29, 0.717) is 17.2 Å². The monoisotopic (exact) mass is 229 g/mol. The zero-order chi connectivity index (χ0) is 10.4. The summed E-state index contributed by atoms with van der Waals surface area (Å²) < 4.78 is 0. The maximum Gasteiger partial charge on any atom is 0.143 e. The molecule has 0 atom stereocenters. The Hall–Kier alpha value is -0.540. The number of carbonyl (C=O) groups excluding carboxylic acids is 1. The van der Waals surface area contributed by atoms with E-state index in [-0.39, 0.29) is 5.78 Å². The minimum atomic E-state index is 0.272. The fourth-order valence-corrected chi connectivity index (χ4v) is 1.81. The van der Waals surface area contributed by atoms with Crippen molar-refractivity contribution in [2.75, 3.05) is 5.75 Å². The molecule has 0 aliphatic carbocycles. The van der Waals surface area contributed by atoms with Crippen molar-refractivity contribution in [3.05, 3.63) is 23.4 Å². The molecule has 0 fully saturated rings. The molecule has 0 unspecified atom stereocenters. The van der Waals surface area contributed by atoms with Crippen molar-refractivity contribution in [1.29, 1.82) is 0 Å². The average Bonchev–Trinajstić information content (AvgIpc) is 2.17. The normalized spacial score (nSPS) is 10.1. The third kappa shape index (κ3) is 4.11. The SMILES string of the molecule is CCCC(=O)CSc1ccc(Cl)cn1. The molecule has 0 spiro atoms. The average molecular weight is 230 g/mol. The van der Waals surface area contributed by atoms with Crippen LogP contribution in [0.25, 0.3) is 0 Å². The molecule has 0 aliphatic rings. The smallest absolute Gasteiger partial charge is 0.143 e. The molecule has 0 radical (unpaired) electrons. The highest BCUT2D eigenvalue weighted by molar-refractivity contribution is 7.99. The van der Waals surface area contributed by atoms with Crippen LogP contribution in [0.15, 0.2) is 23.4 Å². The fraction of sp³-hybridized carbons (Fsp3) is 0.400. The molecule has 4 heteroatoms. The molecular formula is C10H12ClNOS. The Morgan fingerprint density at radius 2 is 2.36 bits per heavy atom. The standard InChI is InChI=1S/C10H12ClNOS/c1-2-3-9(13)7-14-10-5-4-8(11)6-12-10/h4-6H,2-3,7H2,1H3. The first kappa shape index (κ1) is 11.5. The quantitative estimate of drug-likeness (QED) is 0.727. The largest absolute Gasteiger partial charge is 0.299 e. The predicted octanol–water partition coefficient (Wildman–Crippen LogP) is 3.20. The number of nitrogens with zero attached hydrogens (tertiary/aromatic N) is 1. The van der Waals surface area contributed by atoms with Crippen LogP contribution in [0.2, 0.25) is 5.02 Å².